The lowest BCUT2D eigenvalue weighted by molar-refractivity contribution is -0.124. The highest BCUT2D eigenvalue weighted by Crippen LogP contribution is 2.42. The third-order valence-corrected chi connectivity index (χ3v) is 9.32. The summed E-state index contributed by atoms with van der Waals surface area (Å²) in [5.41, 5.74) is 1.05. The van der Waals surface area contributed by atoms with Gasteiger partial charge in [0.25, 0.3) is 0 Å². The van der Waals surface area contributed by atoms with Crippen LogP contribution in [-0.2, 0) is 9.22 Å². The van der Waals surface area contributed by atoms with Gasteiger partial charge < -0.3 is 4.43 Å². The molecule has 0 spiro atoms. The van der Waals surface area contributed by atoms with Gasteiger partial charge in [0, 0.05) is 5.92 Å². The maximum absolute atomic E-state index is 12.4. The van der Waals surface area contributed by atoms with Crippen LogP contribution in [0.2, 0.25) is 18.1 Å². The maximum Gasteiger partial charge on any atom is 0.192 e. The second-order valence-corrected chi connectivity index (χ2v) is 12.9. The van der Waals surface area contributed by atoms with Crippen molar-refractivity contribution in [3.05, 3.63) is 35.9 Å². The molecular weight excluding hydrogens is 312 g/mol. The van der Waals surface area contributed by atoms with Gasteiger partial charge in [0.2, 0.25) is 0 Å². The van der Waals surface area contributed by atoms with Crippen LogP contribution in [0, 0.1) is 5.92 Å². The fourth-order valence-corrected chi connectivity index (χ4v) is 3.63. The monoisotopic (exact) mass is 340 g/mol. The summed E-state index contributed by atoms with van der Waals surface area (Å²) in [7, 11) is -1.99. The van der Waals surface area contributed by atoms with Crippen molar-refractivity contribution in [1.82, 2.24) is 0 Å². The highest BCUT2D eigenvalue weighted by molar-refractivity contribution is 6.74. The summed E-state index contributed by atoms with van der Waals surface area (Å²) in [6, 6.07) is 10.0. The van der Waals surface area contributed by atoms with Gasteiger partial charge in [-0.3, -0.25) is 4.79 Å². The minimum Gasteiger partial charge on any atom is -0.409 e. The Labute approximate surface area is 141 Å². The molecule has 1 aromatic rings. The molecule has 0 bridgehead atoms. The summed E-state index contributed by atoms with van der Waals surface area (Å²) in [6.45, 7) is 14.7. The summed E-state index contributed by atoms with van der Waals surface area (Å²) in [5.74, 6) is -0.224. The van der Waals surface area contributed by atoms with Gasteiger partial charge in [-0.1, -0.05) is 58.0 Å². The molecule has 124 valence electrons. The predicted molar refractivity (Wildman–Crippen MR) is 97.0 cm³/mol. The van der Waals surface area contributed by atoms with E-state index >= 15 is 0 Å². The molecular formula is C18H29ClO2Si. The topological polar surface area (TPSA) is 26.3 Å². The molecule has 0 heterocycles. The second-order valence-electron chi connectivity index (χ2n) is 7.52. The Morgan fingerprint density at radius 3 is 2.05 bits per heavy atom. The maximum atomic E-state index is 12.4. The molecule has 1 unspecified atom stereocenters. The number of hydrogen-bond acceptors (Lipinski definition) is 2. The van der Waals surface area contributed by atoms with E-state index in [4.69, 9.17) is 16.0 Å². The molecule has 1 aromatic carbocycles. The van der Waals surface area contributed by atoms with Gasteiger partial charge in [-0.25, -0.2) is 0 Å². The van der Waals surface area contributed by atoms with Crippen LogP contribution in [0.4, 0.5) is 0 Å². The number of alkyl halides is 1. The van der Waals surface area contributed by atoms with Gasteiger partial charge in [0.1, 0.15) is 0 Å². The lowest BCUT2D eigenvalue weighted by Gasteiger charge is -2.41. The standard InChI is InChI=1S/C18H29ClO2Si/c1-13(16(20)14(2)19)17(15-11-9-8-10-12-15)21-22(6,7)18(3,4)5/h8-14,17H,1-7H3/t13-,14?,17+/m1/s1. The van der Waals surface area contributed by atoms with Gasteiger partial charge in [-0.15, -0.1) is 11.6 Å². The highest BCUT2D eigenvalue weighted by Gasteiger charge is 2.41. The number of ketones is 1. The zero-order valence-electron chi connectivity index (χ0n) is 14.8. The van der Waals surface area contributed by atoms with E-state index in [1.807, 2.05) is 37.3 Å². The van der Waals surface area contributed by atoms with Crippen LogP contribution < -0.4 is 0 Å². The van der Waals surface area contributed by atoms with Crippen molar-refractivity contribution in [3.63, 3.8) is 0 Å². The van der Waals surface area contributed by atoms with Gasteiger partial charge in [0.05, 0.1) is 11.5 Å². The quantitative estimate of drug-likeness (QED) is 0.499. The van der Waals surface area contributed by atoms with Crippen LogP contribution in [0.25, 0.3) is 0 Å². The molecule has 22 heavy (non-hydrogen) atoms. The van der Waals surface area contributed by atoms with Crippen molar-refractivity contribution in [2.24, 2.45) is 5.92 Å². The van der Waals surface area contributed by atoms with Crippen LogP contribution in [0.5, 0.6) is 0 Å². The summed E-state index contributed by atoms with van der Waals surface area (Å²) in [4.78, 5) is 12.4. The minimum atomic E-state index is -1.99. The fourth-order valence-electron chi connectivity index (χ4n) is 2.11. The van der Waals surface area contributed by atoms with E-state index in [2.05, 4.69) is 33.9 Å². The number of carbonyl (C=O) groups is 1. The number of Topliss-reactive ketones (excluding diaryl/α,β-unsaturated/α-hetero) is 1. The van der Waals surface area contributed by atoms with Crippen LogP contribution in [0.1, 0.15) is 46.3 Å². The first-order valence-electron chi connectivity index (χ1n) is 7.88. The highest BCUT2D eigenvalue weighted by atomic mass is 35.5. The van der Waals surface area contributed by atoms with Crippen molar-refractivity contribution >= 4 is 25.7 Å². The normalized spacial score (nSPS) is 16.9. The van der Waals surface area contributed by atoms with E-state index in [0.29, 0.717) is 0 Å². The Bertz CT molecular complexity index is 492. The minimum absolute atomic E-state index is 0.0363. The Morgan fingerprint density at radius 1 is 1.14 bits per heavy atom. The molecule has 0 aromatic heterocycles. The third kappa shape index (κ3) is 4.67. The molecule has 2 nitrogen and oxygen atoms in total. The summed E-state index contributed by atoms with van der Waals surface area (Å²) in [6.07, 6.45) is -0.240. The van der Waals surface area contributed by atoms with Crippen molar-refractivity contribution in [2.75, 3.05) is 0 Å². The molecule has 0 amide bonds. The van der Waals surface area contributed by atoms with E-state index in [-0.39, 0.29) is 22.8 Å². The lowest BCUT2D eigenvalue weighted by atomic mass is 9.92. The largest absolute Gasteiger partial charge is 0.409 e. The van der Waals surface area contributed by atoms with Crippen LogP contribution >= 0.6 is 11.6 Å². The van der Waals surface area contributed by atoms with Crippen LogP contribution in [0.3, 0.4) is 0 Å². The molecule has 0 aliphatic carbocycles. The van der Waals surface area contributed by atoms with Gasteiger partial charge in [-0.2, -0.15) is 0 Å². The Balaban J connectivity index is 3.16. The van der Waals surface area contributed by atoms with Crippen molar-refractivity contribution in [1.29, 1.82) is 0 Å². The zero-order chi connectivity index (χ0) is 17.1. The molecule has 0 fully saturated rings. The van der Waals surface area contributed by atoms with Crippen molar-refractivity contribution in [2.45, 2.75) is 64.2 Å². The van der Waals surface area contributed by atoms with E-state index in [1.54, 1.807) is 6.92 Å². The van der Waals surface area contributed by atoms with Crippen molar-refractivity contribution in [3.8, 4) is 0 Å². The lowest BCUT2D eigenvalue weighted by Crippen LogP contribution is -2.44. The first-order valence-corrected chi connectivity index (χ1v) is 11.2. The molecule has 4 heteroatoms. The van der Waals surface area contributed by atoms with E-state index in [1.165, 1.54) is 0 Å². The SMILES string of the molecule is CC(Cl)C(=O)[C@@H](C)[C@H](O[Si](C)(C)C(C)(C)C)c1ccccc1. The number of hydrogen-bond donors (Lipinski definition) is 0. The Kier molecular flexibility index (Phi) is 6.43. The van der Waals surface area contributed by atoms with Gasteiger partial charge in [0.15, 0.2) is 14.1 Å². The first kappa shape index (κ1) is 19.4. The van der Waals surface area contributed by atoms with E-state index in [0.717, 1.165) is 5.56 Å². The number of carbonyl (C=O) groups excluding carboxylic acids is 1. The molecule has 0 aliphatic heterocycles. The molecule has 1 rings (SSSR count). The molecule has 0 saturated carbocycles. The van der Waals surface area contributed by atoms with E-state index < -0.39 is 13.7 Å². The average molecular weight is 341 g/mol. The number of halogens is 1. The molecule has 0 saturated heterocycles. The predicted octanol–water partition coefficient (Wildman–Crippen LogP) is 5.58. The zero-order valence-corrected chi connectivity index (χ0v) is 16.6. The summed E-state index contributed by atoms with van der Waals surface area (Å²) < 4.78 is 6.58. The molecule has 0 aliphatic rings. The number of rotatable bonds is 6. The molecule has 3 atom stereocenters. The van der Waals surface area contributed by atoms with Gasteiger partial charge in [-0.05, 0) is 30.6 Å². The molecule has 0 N–H and O–H groups in total. The van der Waals surface area contributed by atoms with Crippen molar-refractivity contribution < 1.29 is 9.22 Å². The van der Waals surface area contributed by atoms with Crippen LogP contribution in [-0.4, -0.2) is 19.5 Å². The second kappa shape index (κ2) is 7.29. The smallest absolute Gasteiger partial charge is 0.192 e. The van der Waals surface area contributed by atoms with Crippen LogP contribution in [0.15, 0.2) is 30.3 Å². The number of benzene rings is 1. The third-order valence-electron chi connectivity index (χ3n) is 4.65. The Hall–Kier alpha value is -0.643. The fraction of sp³-hybridized carbons (Fsp3) is 0.611. The average Bonchev–Trinajstić information content (AvgIpc) is 2.42. The van der Waals surface area contributed by atoms with Gasteiger partial charge >= 0.3 is 0 Å². The van der Waals surface area contributed by atoms with E-state index in [9.17, 15) is 4.79 Å². The summed E-state index contributed by atoms with van der Waals surface area (Å²) in [5, 5.41) is -0.403. The molecule has 0 radical (unpaired) electrons. The Morgan fingerprint density at radius 2 is 1.64 bits per heavy atom. The summed E-state index contributed by atoms with van der Waals surface area (Å²) >= 11 is 6.02. The first-order chi connectivity index (χ1) is 9.97.